The first-order valence-corrected chi connectivity index (χ1v) is 7.20. The molecule has 21 heavy (non-hydrogen) atoms. The fourth-order valence-corrected chi connectivity index (χ4v) is 2.87. The third-order valence-electron chi connectivity index (χ3n) is 3.18. The van der Waals surface area contributed by atoms with Gasteiger partial charge in [-0.3, -0.25) is 0 Å². The molecule has 0 saturated carbocycles. The molecule has 1 aliphatic rings. The molecule has 0 bridgehead atoms. The van der Waals surface area contributed by atoms with Crippen LogP contribution in [0.25, 0.3) is 11.3 Å². The number of nitrogens with zero attached hydrogens (tertiary/aromatic N) is 2. The summed E-state index contributed by atoms with van der Waals surface area (Å²) < 4.78 is 5.92. The molecule has 0 saturated heterocycles. The van der Waals surface area contributed by atoms with E-state index in [0.29, 0.717) is 17.1 Å². The van der Waals surface area contributed by atoms with Gasteiger partial charge in [-0.15, -0.1) is 11.3 Å². The number of aryl methyl sites for hydroxylation is 1. The zero-order valence-electron chi connectivity index (χ0n) is 11.3. The first kappa shape index (κ1) is 13.2. The van der Waals surface area contributed by atoms with Gasteiger partial charge in [-0.25, -0.2) is 0 Å². The minimum atomic E-state index is 0.0965. The van der Waals surface area contributed by atoms with Crippen LogP contribution in [0.1, 0.15) is 16.0 Å². The van der Waals surface area contributed by atoms with Crippen molar-refractivity contribution in [1.82, 2.24) is 0 Å². The van der Waals surface area contributed by atoms with E-state index in [2.05, 4.69) is 0 Å². The molecule has 3 rings (SSSR count). The number of thiophene rings is 1. The van der Waals surface area contributed by atoms with Gasteiger partial charge in [0.05, 0.1) is 4.88 Å². The van der Waals surface area contributed by atoms with Crippen LogP contribution >= 0.6 is 11.3 Å². The second-order valence-corrected chi connectivity index (χ2v) is 5.55. The summed E-state index contributed by atoms with van der Waals surface area (Å²) in [5.41, 5.74) is 2.55. The van der Waals surface area contributed by atoms with Gasteiger partial charge in [0.1, 0.15) is 29.2 Å². The highest BCUT2D eigenvalue weighted by Crippen LogP contribution is 2.39. The summed E-state index contributed by atoms with van der Waals surface area (Å²) in [4.78, 5) is 0.967. The monoisotopic (exact) mass is 290 g/mol. The quantitative estimate of drug-likeness (QED) is 0.736. The van der Waals surface area contributed by atoms with Crippen LogP contribution in [0, 0.1) is 29.6 Å². The van der Waals surface area contributed by atoms with E-state index in [0.717, 1.165) is 16.0 Å². The van der Waals surface area contributed by atoms with Crippen molar-refractivity contribution in [3.63, 3.8) is 0 Å². The Morgan fingerprint density at radius 2 is 2.00 bits per heavy atom. The molecule has 0 fully saturated rings. The Labute approximate surface area is 126 Å². The van der Waals surface area contributed by atoms with Crippen LogP contribution < -0.4 is 4.74 Å². The maximum atomic E-state index is 9.19. The number of fused-ring (bicyclic) bond motifs is 1. The molecule has 1 aliphatic heterocycles. The number of hydrogen-bond acceptors (Lipinski definition) is 4. The molecule has 0 N–H and O–H groups in total. The molecular formula is C17H10N2OS. The van der Waals surface area contributed by atoms with Crippen molar-refractivity contribution in [3.8, 4) is 17.9 Å². The number of benzene rings is 1. The number of hydrogen-bond donors (Lipinski definition) is 0. The molecule has 100 valence electrons. The molecule has 2 heterocycles. The Balaban J connectivity index is 2.25. The van der Waals surface area contributed by atoms with E-state index in [-0.39, 0.29) is 5.57 Å². The average Bonchev–Trinajstić information content (AvgIpc) is 3.03. The van der Waals surface area contributed by atoms with Crippen molar-refractivity contribution in [2.75, 3.05) is 0 Å². The Morgan fingerprint density at radius 1 is 1.19 bits per heavy atom. The molecule has 0 amide bonds. The van der Waals surface area contributed by atoms with Crippen LogP contribution in [0.5, 0.6) is 5.75 Å². The van der Waals surface area contributed by atoms with E-state index < -0.39 is 0 Å². The normalized spacial score (nSPS) is 12.5. The molecule has 1 aromatic heterocycles. The van der Waals surface area contributed by atoms with Gasteiger partial charge in [-0.05, 0) is 36.6 Å². The lowest BCUT2D eigenvalue weighted by atomic mass is 9.95. The summed E-state index contributed by atoms with van der Waals surface area (Å²) in [7, 11) is 0. The van der Waals surface area contributed by atoms with Crippen LogP contribution in [0.15, 0.2) is 47.4 Å². The summed E-state index contributed by atoms with van der Waals surface area (Å²) >= 11 is 1.55. The van der Waals surface area contributed by atoms with Crippen molar-refractivity contribution >= 4 is 22.7 Å². The Bertz CT molecular complexity index is 830. The fourth-order valence-electron chi connectivity index (χ4n) is 2.19. The van der Waals surface area contributed by atoms with Gasteiger partial charge in [0.2, 0.25) is 0 Å². The van der Waals surface area contributed by atoms with Crippen molar-refractivity contribution < 1.29 is 4.74 Å². The Morgan fingerprint density at radius 3 is 2.67 bits per heavy atom. The van der Waals surface area contributed by atoms with E-state index in [4.69, 9.17) is 4.74 Å². The van der Waals surface area contributed by atoms with Crippen molar-refractivity contribution in [2.24, 2.45) is 0 Å². The fraction of sp³-hybridized carbons (Fsp3) is 0.0588. The second kappa shape index (κ2) is 5.28. The van der Waals surface area contributed by atoms with Gasteiger partial charge in [0.15, 0.2) is 0 Å². The smallest absolute Gasteiger partial charge is 0.145 e. The summed E-state index contributed by atoms with van der Waals surface area (Å²) in [5.74, 6) is 1.34. The first-order valence-electron chi connectivity index (χ1n) is 6.32. The molecule has 2 aromatic rings. The van der Waals surface area contributed by atoms with Crippen LogP contribution in [0.4, 0.5) is 0 Å². The maximum absolute atomic E-state index is 9.19. The molecule has 0 spiro atoms. The van der Waals surface area contributed by atoms with E-state index in [1.165, 1.54) is 0 Å². The van der Waals surface area contributed by atoms with Crippen LogP contribution in [-0.4, -0.2) is 0 Å². The van der Waals surface area contributed by atoms with Crippen molar-refractivity contribution in [1.29, 1.82) is 10.5 Å². The van der Waals surface area contributed by atoms with E-state index in [9.17, 15) is 10.5 Å². The van der Waals surface area contributed by atoms with Gasteiger partial charge in [0.25, 0.3) is 0 Å². The highest BCUT2D eigenvalue weighted by molar-refractivity contribution is 7.11. The number of nitriles is 2. The Kier molecular flexibility index (Phi) is 3.31. The number of rotatable bonds is 1. The molecule has 0 aliphatic carbocycles. The minimum Gasteiger partial charge on any atom is -0.455 e. The lowest BCUT2D eigenvalue weighted by molar-refractivity contribution is 0.511. The standard InChI is InChI=1S/C17H10N2OS/c1-11-4-5-15-14(7-11)13(12(9-18)10-19)8-16(20-15)17-3-2-6-21-17/h2-8H,1H3. The molecular weight excluding hydrogens is 280 g/mol. The van der Waals surface area contributed by atoms with E-state index >= 15 is 0 Å². The Hall–Kier alpha value is -2.82. The van der Waals surface area contributed by atoms with Gasteiger partial charge >= 0.3 is 0 Å². The van der Waals surface area contributed by atoms with Crippen LogP contribution in [-0.2, 0) is 0 Å². The van der Waals surface area contributed by atoms with Gasteiger partial charge in [-0.2, -0.15) is 10.5 Å². The van der Waals surface area contributed by atoms with E-state index in [1.807, 2.05) is 54.8 Å². The lowest BCUT2D eigenvalue weighted by Gasteiger charge is -2.20. The highest BCUT2D eigenvalue weighted by Gasteiger charge is 2.21. The topological polar surface area (TPSA) is 56.8 Å². The van der Waals surface area contributed by atoms with Gasteiger partial charge < -0.3 is 4.74 Å². The molecule has 1 aromatic carbocycles. The van der Waals surface area contributed by atoms with Crippen LogP contribution in [0.2, 0.25) is 0 Å². The predicted molar refractivity (Wildman–Crippen MR) is 82.2 cm³/mol. The summed E-state index contributed by atoms with van der Waals surface area (Å²) in [6.07, 6.45) is 1.77. The SMILES string of the molecule is Cc1ccc2c(c1)C(=C(C#N)C#N)C=C(c1cccs1)O2. The largest absolute Gasteiger partial charge is 0.455 e. The third-order valence-corrected chi connectivity index (χ3v) is 4.06. The van der Waals surface area contributed by atoms with Gasteiger partial charge in [-0.1, -0.05) is 17.7 Å². The third kappa shape index (κ3) is 2.33. The predicted octanol–water partition coefficient (Wildman–Crippen LogP) is 4.29. The molecule has 0 radical (unpaired) electrons. The lowest BCUT2D eigenvalue weighted by Crippen LogP contribution is -2.04. The average molecular weight is 290 g/mol. The molecule has 4 heteroatoms. The number of allylic oxidation sites excluding steroid dienone is 3. The van der Waals surface area contributed by atoms with Crippen molar-refractivity contribution in [3.05, 3.63) is 63.4 Å². The zero-order chi connectivity index (χ0) is 14.8. The molecule has 0 atom stereocenters. The molecule has 0 unspecified atom stereocenters. The van der Waals surface area contributed by atoms with Crippen LogP contribution in [0.3, 0.4) is 0 Å². The first-order chi connectivity index (χ1) is 10.2. The van der Waals surface area contributed by atoms with Gasteiger partial charge in [0, 0.05) is 11.1 Å². The maximum Gasteiger partial charge on any atom is 0.145 e. The summed E-state index contributed by atoms with van der Waals surface area (Å²) in [6, 6.07) is 13.6. The van der Waals surface area contributed by atoms with Crippen molar-refractivity contribution in [2.45, 2.75) is 6.92 Å². The number of ether oxygens (including phenoxy) is 1. The second-order valence-electron chi connectivity index (χ2n) is 4.60. The van der Waals surface area contributed by atoms with E-state index in [1.54, 1.807) is 17.4 Å². The molecule has 3 nitrogen and oxygen atoms in total. The zero-order valence-corrected chi connectivity index (χ0v) is 12.1. The summed E-state index contributed by atoms with van der Waals surface area (Å²) in [5, 5.41) is 20.3. The minimum absolute atomic E-state index is 0.0965. The highest BCUT2D eigenvalue weighted by atomic mass is 32.1. The summed E-state index contributed by atoms with van der Waals surface area (Å²) in [6.45, 7) is 1.97.